The molecule has 1 aromatic rings. The molecule has 1 heterocycles. The lowest BCUT2D eigenvalue weighted by Crippen LogP contribution is -2.39. The second-order valence-electron chi connectivity index (χ2n) is 4.43. The zero-order chi connectivity index (χ0) is 13.2. The van der Waals surface area contributed by atoms with Crippen molar-refractivity contribution >= 4 is 0 Å². The van der Waals surface area contributed by atoms with E-state index in [9.17, 15) is 13.2 Å². The van der Waals surface area contributed by atoms with Gasteiger partial charge in [-0.2, -0.15) is 13.2 Å². The first-order valence-electron chi connectivity index (χ1n) is 5.96. The molecule has 1 N–H and O–H groups in total. The highest BCUT2D eigenvalue weighted by atomic mass is 19.4. The van der Waals surface area contributed by atoms with E-state index in [1.165, 1.54) is 12.1 Å². The van der Waals surface area contributed by atoms with Crippen molar-refractivity contribution in [3.63, 3.8) is 0 Å². The Hall–Kier alpha value is -1.07. The van der Waals surface area contributed by atoms with Crippen LogP contribution in [0, 0.1) is 0 Å². The van der Waals surface area contributed by atoms with Crippen LogP contribution in [0.15, 0.2) is 24.3 Å². The Morgan fingerprint density at radius 3 is 2.67 bits per heavy atom. The summed E-state index contributed by atoms with van der Waals surface area (Å²) in [7, 11) is 1.54. The zero-order valence-corrected chi connectivity index (χ0v) is 10.1. The van der Waals surface area contributed by atoms with Crippen molar-refractivity contribution in [3.05, 3.63) is 35.4 Å². The monoisotopic (exact) mass is 259 g/mol. The number of ether oxygens (including phenoxy) is 1. The highest BCUT2D eigenvalue weighted by Gasteiger charge is 2.37. The molecule has 100 valence electrons. The number of piperidine rings is 1. The first-order chi connectivity index (χ1) is 8.54. The standard InChI is InChI=1S/C13H16F3NO/c1-18-11-7-4-8-17-12(11)9-5-2-3-6-10(9)13(14,15)16/h2-3,5-6,11-12,17H,4,7-8H2,1H3. The van der Waals surface area contributed by atoms with Crippen LogP contribution in [0.3, 0.4) is 0 Å². The molecule has 2 nitrogen and oxygen atoms in total. The smallest absolute Gasteiger partial charge is 0.379 e. The van der Waals surface area contributed by atoms with E-state index in [1.54, 1.807) is 13.2 Å². The Bertz CT molecular complexity index is 405. The van der Waals surface area contributed by atoms with E-state index in [0.717, 1.165) is 25.5 Å². The van der Waals surface area contributed by atoms with E-state index in [1.807, 2.05) is 0 Å². The van der Waals surface area contributed by atoms with Crippen molar-refractivity contribution in [1.82, 2.24) is 5.32 Å². The second kappa shape index (κ2) is 5.28. The molecule has 1 aliphatic heterocycles. The maximum Gasteiger partial charge on any atom is 0.416 e. The van der Waals surface area contributed by atoms with Gasteiger partial charge in [0.05, 0.1) is 17.7 Å². The molecule has 1 fully saturated rings. The Kier molecular flexibility index (Phi) is 3.92. The third-order valence-electron chi connectivity index (χ3n) is 3.31. The molecule has 0 aromatic heterocycles. The van der Waals surface area contributed by atoms with Crippen molar-refractivity contribution < 1.29 is 17.9 Å². The van der Waals surface area contributed by atoms with Crippen LogP contribution in [0.25, 0.3) is 0 Å². The van der Waals surface area contributed by atoms with Crippen molar-refractivity contribution in [2.75, 3.05) is 13.7 Å². The quantitative estimate of drug-likeness (QED) is 0.881. The number of alkyl halides is 3. The van der Waals surface area contributed by atoms with E-state index in [4.69, 9.17) is 4.74 Å². The van der Waals surface area contributed by atoms with E-state index in [-0.39, 0.29) is 17.7 Å². The van der Waals surface area contributed by atoms with Crippen LogP contribution in [-0.4, -0.2) is 19.8 Å². The average Bonchev–Trinajstić information content (AvgIpc) is 2.37. The van der Waals surface area contributed by atoms with E-state index < -0.39 is 11.7 Å². The molecule has 2 unspecified atom stereocenters. The number of rotatable bonds is 2. The van der Waals surface area contributed by atoms with Crippen molar-refractivity contribution in [2.24, 2.45) is 0 Å². The Morgan fingerprint density at radius 1 is 1.28 bits per heavy atom. The number of halogens is 3. The molecular weight excluding hydrogens is 243 g/mol. The fourth-order valence-corrected chi connectivity index (χ4v) is 2.45. The summed E-state index contributed by atoms with van der Waals surface area (Å²) in [5.74, 6) is 0. The molecule has 2 atom stereocenters. The van der Waals surface area contributed by atoms with Crippen LogP contribution in [0.2, 0.25) is 0 Å². The fourth-order valence-electron chi connectivity index (χ4n) is 2.45. The van der Waals surface area contributed by atoms with Gasteiger partial charge in [-0.05, 0) is 31.0 Å². The summed E-state index contributed by atoms with van der Waals surface area (Å²) in [5, 5.41) is 3.12. The van der Waals surface area contributed by atoms with Crippen LogP contribution in [0.4, 0.5) is 13.2 Å². The van der Waals surface area contributed by atoms with Gasteiger partial charge < -0.3 is 10.1 Å². The predicted octanol–water partition coefficient (Wildman–Crippen LogP) is 3.14. The summed E-state index contributed by atoms with van der Waals surface area (Å²) in [4.78, 5) is 0. The molecule has 1 saturated heterocycles. The molecule has 0 spiro atoms. The average molecular weight is 259 g/mol. The lowest BCUT2D eigenvalue weighted by molar-refractivity contribution is -0.138. The van der Waals surface area contributed by atoms with Crippen LogP contribution in [0.1, 0.15) is 30.0 Å². The third kappa shape index (κ3) is 2.67. The number of hydrogen-bond acceptors (Lipinski definition) is 2. The number of hydrogen-bond donors (Lipinski definition) is 1. The first kappa shape index (κ1) is 13.4. The van der Waals surface area contributed by atoms with Gasteiger partial charge >= 0.3 is 6.18 Å². The van der Waals surface area contributed by atoms with Crippen LogP contribution >= 0.6 is 0 Å². The normalized spacial score (nSPS) is 25.1. The fraction of sp³-hybridized carbons (Fsp3) is 0.538. The molecule has 0 radical (unpaired) electrons. The first-order valence-corrected chi connectivity index (χ1v) is 5.96. The molecule has 1 aliphatic rings. The Labute approximate surface area is 104 Å². The molecule has 1 aromatic carbocycles. The molecule has 0 aliphatic carbocycles. The third-order valence-corrected chi connectivity index (χ3v) is 3.31. The van der Waals surface area contributed by atoms with Crippen molar-refractivity contribution in [3.8, 4) is 0 Å². The van der Waals surface area contributed by atoms with Crippen LogP contribution in [-0.2, 0) is 10.9 Å². The molecule has 0 bridgehead atoms. The van der Waals surface area contributed by atoms with Crippen LogP contribution < -0.4 is 5.32 Å². The van der Waals surface area contributed by atoms with Gasteiger partial charge in [0, 0.05) is 7.11 Å². The predicted molar refractivity (Wildman–Crippen MR) is 62.2 cm³/mol. The highest BCUT2D eigenvalue weighted by molar-refractivity contribution is 5.33. The number of nitrogens with one attached hydrogen (secondary N) is 1. The minimum Gasteiger partial charge on any atom is -0.379 e. The van der Waals surface area contributed by atoms with E-state index in [2.05, 4.69) is 5.32 Å². The van der Waals surface area contributed by atoms with Crippen molar-refractivity contribution in [1.29, 1.82) is 0 Å². The van der Waals surface area contributed by atoms with Crippen molar-refractivity contribution in [2.45, 2.75) is 31.2 Å². The number of methoxy groups -OCH3 is 1. The summed E-state index contributed by atoms with van der Waals surface area (Å²) in [6, 6.07) is 5.31. The van der Waals surface area contributed by atoms with Gasteiger partial charge in [-0.25, -0.2) is 0 Å². The second-order valence-corrected chi connectivity index (χ2v) is 4.43. The summed E-state index contributed by atoms with van der Waals surface area (Å²) in [6.45, 7) is 0.719. The van der Waals surface area contributed by atoms with Gasteiger partial charge in [-0.1, -0.05) is 18.2 Å². The molecule has 0 saturated carbocycles. The summed E-state index contributed by atoms with van der Waals surface area (Å²) in [6.07, 6.45) is -2.83. The topological polar surface area (TPSA) is 21.3 Å². The molecule has 2 rings (SSSR count). The van der Waals surface area contributed by atoms with Gasteiger partial charge in [0.2, 0.25) is 0 Å². The molecule has 0 amide bonds. The zero-order valence-electron chi connectivity index (χ0n) is 10.1. The molecule has 5 heteroatoms. The maximum absolute atomic E-state index is 13.0. The number of benzene rings is 1. The minimum atomic E-state index is -4.33. The Balaban J connectivity index is 2.37. The lowest BCUT2D eigenvalue weighted by Gasteiger charge is -2.33. The molecule has 18 heavy (non-hydrogen) atoms. The molecular formula is C13H16F3NO. The summed E-state index contributed by atoms with van der Waals surface area (Å²) >= 11 is 0. The minimum absolute atomic E-state index is 0.206. The van der Waals surface area contributed by atoms with Gasteiger partial charge in [-0.3, -0.25) is 0 Å². The largest absolute Gasteiger partial charge is 0.416 e. The van der Waals surface area contributed by atoms with Gasteiger partial charge in [-0.15, -0.1) is 0 Å². The highest BCUT2D eigenvalue weighted by Crippen LogP contribution is 2.37. The van der Waals surface area contributed by atoms with Gasteiger partial charge in [0.1, 0.15) is 0 Å². The maximum atomic E-state index is 13.0. The Morgan fingerprint density at radius 2 is 2.00 bits per heavy atom. The summed E-state index contributed by atoms with van der Waals surface area (Å²) < 4.78 is 44.2. The van der Waals surface area contributed by atoms with Gasteiger partial charge in [0.15, 0.2) is 0 Å². The summed E-state index contributed by atoms with van der Waals surface area (Å²) in [5.41, 5.74) is -0.303. The van der Waals surface area contributed by atoms with Crippen LogP contribution in [0.5, 0.6) is 0 Å². The van der Waals surface area contributed by atoms with E-state index >= 15 is 0 Å². The van der Waals surface area contributed by atoms with E-state index in [0.29, 0.717) is 0 Å². The van der Waals surface area contributed by atoms with Gasteiger partial charge in [0.25, 0.3) is 0 Å². The lowest BCUT2D eigenvalue weighted by atomic mass is 9.91. The SMILES string of the molecule is COC1CCCNC1c1ccccc1C(F)(F)F.